The van der Waals surface area contributed by atoms with Crippen LogP contribution in [0.2, 0.25) is 0 Å². The fourth-order valence-corrected chi connectivity index (χ4v) is 3.12. The van der Waals surface area contributed by atoms with Gasteiger partial charge < -0.3 is 10.2 Å². The first kappa shape index (κ1) is 19.3. The summed E-state index contributed by atoms with van der Waals surface area (Å²) >= 11 is 0. The van der Waals surface area contributed by atoms with Crippen molar-refractivity contribution in [3.63, 3.8) is 0 Å². The predicted molar refractivity (Wildman–Crippen MR) is 105 cm³/mol. The van der Waals surface area contributed by atoms with Crippen LogP contribution in [-0.2, 0) is 0 Å². The number of aromatic nitrogens is 2. The summed E-state index contributed by atoms with van der Waals surface area (Å²) in [7, 11) is 0. The molecule has 1 aliphatic heterocycles. The van der Waals surface area contributed by atoms with Crippen molar-refractivity contribution >= 4 is 11.7 Å². The second kappa shape index (κ2) is 8.46. The minimum Gasteiger partial charge on any atom is -0.356 e. The summed E-state index contributed by atoms with van der Waals surface area (Å²) in [5.74, 6) is 1.77. The van der Waals surface area contributed by atoms with Crippen LogP contribution in [0, 0.1) is 17.7 Å². The van der Waals surface area contributed by atoms with Gasteiger partial charge in [-0.05, 0) is 48.9 Å². The maximum absolute atomic E-state index is 13.2. The Bertz CT molecular complexity index is 783. The summed E-state index contributed by atoms with van der Waals surface area (Å²) < 4.78 is 13.2. The molecule has 0 aliphatic carbocycles. The van der Waals surface area contributed by atoms with Crippen LogP contribution < -0.4 is 10.2 Å². The molecule has 1 saturated heterocycles. The van der Waals surface area contributed by atoms with Crippen molar-refractivity contribution < 1.29 is 9.18 Å². The van der Waals surface area contributed by atoms with Crippen LogP contribution in [0.5, 0.6) is 0 Å². The Labute approximate surface area is 160 Å². The standard InChI is InChI=1S/C21H27FN4O/c1-14(2)12-24-21(27)18-13-23-19(16-4-6-17(22)7-5-16)25-20(18)26-10-8-15(3)9-11-26/h4-7,13-15H,8-12H2,1-3H3,(H,24,27). The molecular formula is C21H27FN4O. The highest BCUT2D eigenvalue weighted by Crippen LogP contribution is 2.27. The van der Waals surface area contributed by atoms with Crippen molar-refractivity contribution in [2.75, 3.05) is 24.5 Å². The Kier molecular flexibility index (Phi) is 6.04. The van der Waals surface area contributed by atoms with Gasteiger partial charge in [0.05, 0.1) is 0 Å². The highest BCUT2D eigenvalue weighted by Gasteiger charge is 2.24. The van der Waals surface area contributed by atoms with E-state index in [-0.39, 0.29) is 11.7 Å². The van der Waals surface area contributed by atoms with Gasteiger partial charge in [-0.2, -0.15) is 0 Å². The molecule has 3 rings (SSSR count). The molecule has 27 heavy (non-hydrogen) atoms. The lowest BCUT2D eigenvalue weighted by atomic mass is 9.99. The quantitative estimate of drug-likeness (QED) is 0.867. The molecule has 0 saturated carbocycles. The predicted octanol–water partition coefficient (Wildman–Crippen LogP) is 3.90. The number of halogens is 1. The summed E-state index contributed by atoms with van der Waals surface area (Å²) in [4.78, 5) is 23.9. The third kappa shape index (κ3) is 4.81. The van der Waals surface area contributed by atoms with E-state index in [1.807, 2.05) is 0 Å². The van der Waals surface area contributed by atoms with Crippen molar-refractivity contribution in [1.29, 1.82) is 0 Å². The van der Waals surface area contributed by atoms with E-state index in [4.69, 9.17) is 4.98 Å². The summed E-state index contributed by atoms with van der Waals surface area (Å²) in [6, 6.07) is 6.10. The van der Waals surface area contributed by atoms with E-state index in [9.17, 15) is 9.18 Å². The number of benzene rings is 1. The van der Waals surface area contributed by atoms with Crippen molar-refractivity contribution in [3.8, 4) is 11.4 Å². The first-order valence-electron chi connectivity index (χ1n) is 9.60. The number of hydrogen-bond donors (Lipinski definition) is 1. The van der Waals surface area contributed by atoms with Gasteiger partial charge in [-0.1, -0.05) is 20.8 Å². The molecule has 2 heterocycles. The number of nitrogens with zero attached hydrogens (tertiary/aromatic N) is 3. The van der Waals surface area contributed by atoms with Gasteiger partial charge in [-0.15, -0.1) is 0 Å². The molecule has 0 radical (unpaired) electrons. The maximum Gasteiger partial charge on any atom is 0.256 e. The van der Waals surface area contributed by atoms with E-state index < -0.39 is 0 Å². The number of rotatable bonds is 5. The molecule has 1 aromatic heterocycles. The fraction of sp³-hybridized carbons (Fsp3) is 0.476. The number of piperidine rings is 1. The number of hydrogen-bond acceptors (Lipinski definition) is 4. The maximum atomic E-state index is 13.2. The number of carbonyl (C=O) groups is 1. The van der Waals surface area contributed by atoms with E-state index >= 15 is 0 Å². The zero-order valence-electron chi connectivity index (χ0n) is 16.2. The Balaban J connectivity index is 1.94. The molecule has 1 N–H and O–H groups in total. The van der Waals surface area contributed by atoms with Crippen LogP contribution in [0.3, 0.4) is 0 Å². The minimum absolute atomic E-state index is 0.150. The fourth-order valence-electron chi connectivity index (χ4n) is 3.12. The summed E-state index contributed by atoms with van der Waals surface area (Å²) in [6.07, 6.45) is 3.74. The largest absolute Gasteiger partial charge is 0.356 e. The summed E-state index contributed by atoms with van der Waals surface area (Å²) in [5.41, 5.74) is 1.23. The van der Waals surface area contributed by atoms with E-state index in [0.717, 1.165) is 31.5 Å². The molecule has 0 unspecified atom stereocenters. The zero-order chi connectivity index (χ0) is 19.4. The van der Waals surface area contributed by atoms with Gasteiger partial charge in [0, 0.05) is 31.4 Å². The molecule has 1 amide bonds. The Morgan fingerprint density at radius 1 is 1.26 bits per heavy atom. The molecule has 1 aromatic carbocycles. The number of anilines is 1. The number of amides is 1. The summed E-state index contributed by atoms with van der Waals surface area (Å²) in [5, 5.41) is 2.96. The van der Waals surface area contributed by atoms with E-state index in [1.165, 1.54) is 12.1 Å². The van der Waals surface area contributed by atoms with Gasteiger partial charge in [0.25, 0.3) is 5.91 Å². The van der Waals surface area contributed by atoms with Gasteiger partial charge in [-0.25, -0.2) is 14.4 Å². The first-order valence-corrected chi connectivity index (χ1v) is 9.60. The van der Waals surface area contributed by atoms with Gasteiger partial charge >= 0.3 is 0 Å². The first-order chi connectivity index (χ1) is 12.9. The van der Waals surface area contributed by atoms with Crippen LogP contribution in [0.4, 0.5) is 10.2 Å². The molecule has 1 fully saturated rings. The van der Waals surface area contributed by atoms with Crippen molar-refractivity contribution in [1.82, 2.24) is 15.3 Å². The van der Waals surface area contributed by atoms with Crippen molar-refractivity contribution in [2.45, 2.75) is 33.6 Å². The van der Waals surface area contributed by atoms with Crippen LogP contribution in [0.25, 0.3) is 11.4 Å². The lowest BCUT2D eigenvalue weighted by Gasteiger charge is -2.32. The van der Waals surface area contributed by atoms with E-state index in [1.54, 1.807) is 18.3 Å². The molecule has 1 aliphatic rings. The van der Waals surface area contributed by atoms with Gasteiger partial charge in [-0.3, -0.25) is 4.79 Å². The lowest BCUT2D eigenvalue weighted by molar-refractivity contribution is 0.0948. The van der Waals surface area contributed by atoms with Gasteiger partial charge in [0.15, 0.2) is 5.82 Å². The monoisotopic (exact) mass is 370 g/mol. The number of carbonyl (C=O) groups excluding carboxylic acids is 1. The highest BCUT2D eigenvalue weighted by molar-refractivity contribution is 5.99. The molecule has 6 heteroatoms. The molecule has 144 valence electrons. The molecule has 2 aromatic rings. The molecule has 0 spiro atoms. The minimum atomic E-state index is -0.298. The molecule has 5 nitrogen and oxygen atoms in total. The SMILES string of the molecule is CC(C)CNC(=O)c1cnc(-c2ccc(F)cc2)nc1N1CCC(C)CC1. The Hall–Kier alpha value is -2.50. The smallest absolute Gasteiger partial charge is 0.256 e. The normalized spacial score (nSPS) is 15.2. The van der Waals surface area contributed by atoms with Crippen LogP contribution in [0.15, 0.2) is 30.5 Å². The number of nitrogens with one attached hydrogen (secondary N) is 1. The summed E-state index contributed by atoms with van der Waals surface area (Å²) in [6.45, 7) is 8.70. The average Bonchev–Trinajstić information content (AvgIpc) is 2.67. The Morgan fingerprint density at radius 3 is 2.56 bits per heavy atom. The van der Waals surface area contributed by atoms with E-state index in [2.05, 4.69) is 36.0 Å². The second-order valence-corrected chi connectivity index (χ2v) is 7.71. The van der Waals surface area contributed by atoms with Gasteiger partial charge in [0.1, 0.15) is 17.2 Å². The molecular weight excluding hydrogens is 343 g/mol. The van der Waals surface area contributed by atoms with Crippen molar-refractivity contribution in [3.05, 3.63) is 41.8 Å². The van der Waals surface area contributed by atoms with E-state index in [0.29, 0.717) is 35.6 Å². The van der Waals surface area contributed by atoms with Crippen LogP contribution in [-0.4, -0.2) is 35.5 Å². The average molecular weight is 370 g/mol. The lowest BCUT2D eigenvalue weighted by Crippen LogP contribution is -2.36. The second-order valence-electron chi connectivity index (χ2n) is 7.71. The van der Waals surface area contributed by atoms with Crippen molar-refractivity contribution in [2.24, 2.45) is 11.8 Å². The Morgan fingerprint density at radius 2 is 1.93 bits per heavy atom. The van der Waals surface area contributed by atoms with Crippen LogP contribution in [0.1, 0.15) is 44.0 Å². The topological polar surface area (TPSA) is 58.1 Å². The highest BCUT2D eigenvalue weighted by atomic mass is 19.1. The molecule has 0 bridgehead atoms. The molecule has 0 atom stereocenters. The zero-order valence-corrected chi connectivity index (χ0v) is 16.2. The third-order valence-electron chi connectivity index (χ3n) is 4.87. The van der Waals surface area contributed by atoms with Crippen LogP contribution >= 0.6 is 0 Å². The van der Waals surface area contributed by atoms with Gasteiger partial charge in [0.2, 0.25) is 0 Å². The third-order valence-corrected chi connectivity index (χ3v) is 4.87.